The van der Waals surface area contributed by atoms with Crippen molar-refractivity contribution < 1.29 is 4.79 Å². The van der Waals surface area contributed by atoms with Crippen LogP contribution in [0.25, 0.3) is 0 Å². The van der Waals surface area contributed by atoms with Crippen LogP contribution in [0.2, 0.25) is 0 Å². The van der Waals surface area contributed by atoms with Crippen molar-refractivity contribution in [3.05, 3.63) is 48.0 Å². The van der Waals surface area contributed by atoms with Crippen LogP contribution in [0, 0.1) is 6.92 Å². The predicted octanol–water partition coefficient (Wildman–Crippen LogP) is 2.88. The molecule has 5 nitrogen and oxygen atoms in total. The molecule has 0 spiro atoms. The van der Waals surface area contributed by atoms with Crippen LogP contribution >= 0.6 is 0 Å². The first kappa shape index (κ1) is 17.5. The number of hydrogen-bond acceptors (Lipinski definition) is 3. The Morgan fingerprint density at radius 1 is 1.28 bits per heavy atom. The van der Waals surface area contributed by atoms with Gasteiger partial charge in [0.15, 0.2) is 0 Å². The second-order valence-corrected chi connectivity index (χ2v) is 6.81. The molecular formula is C20H28N4O. The molecule has 1 aromatic carbocycles. The molecular weight excluding hydrogens is 312 g/mol. The van der Waals surface area contributed by atoms with Gasteiger partial charge in [0.25, 0.3) is 0 Å². The second-order valence-electron chi connectivity index (χ2n) is 6.81. The molecule has 1 fully saturated rings. The van der Waals surface area contributed by atoms with E-state index in [1.54, 1.807) is 0 Å². The van der Waals surface area contributed by atoms with Crippen molar-refractivity contribution in [1.82, 2.24) is 14.5 Å². The Labute approximate surface area is 150 Å². The van der Waals surface area contributed by atoms with Gasteiger partial charge in [-0.25, -0.2) is 4.98 Å². The Kier molecular flexibility index (Phi) is 5.41. The Morgan fingerprint density at radius 2 is 2.08 bits per heavy atom. The fraction of sp³-hybridized carbons (Fsp3) is 0.500. The average Bonchev–Trinajstić information content (AvgIpc) is 3.07. The summed E-state index contributed by atoms with van der Waals surface area (Å²) in [4.78, 5) is 21.4. The number of anilines is 1. The molecule has 1 atom stereocenters. The quantitative estimate of drug-likeness (QED) is 0.840. The highest BCUT2D eigenvalue weighted by molar-refractivity contribution is 5.77. The Bertz CT molecular complexity index is 724. The zero-order valence-electron chi connectivity index (χ0n) is 15.5. The number of aryl methyl sites for hydroxylation is 3. The van der Waals surface area contributed by atoms with Gasteiger partial charge in [0.2, 0.25) is 5.91 Å². The highest BCUT2D eigenvalue weighted by Gasteiger charge is 2.27. The Morgan fingerprint density at radius 3 is 2.80 bits per heavy atom. The minimum atomic E-state index is 0.231. The third-order valence-corrected chi connectivity index (χ3v) is 5.09. The van der Waals surface area contributed by atoms with Crippen LogP contribution < -0.4 is 4.90 Å². The largest absolute Gasteiger partial charge is 0.367 e. The van der Waals surface area contributed by atoms with Crippen molar-refractivity contribution in [3.8, 4) is 0 Å². The summed E-state index contributed by atoms with van der Waals surface area (Å²) in [5.41, 5.74) is 2.58. The van der Waals surface area contributed by atoms with E-state index in [9.17, 15) is 4.79 Å². The first-order valence-electron chi connectivity index (χ1n) is 9.20. The number of carbonyl (C=O) groups excluding carboxylic acids is 1. The summed E-state index contributed by atoms with van der Waals surface area (Å²) in [6, 6.07) is 8.71. The molecule has 1 unspecified atom stereocenters. The van der Waals surface area contributed by atoms with Gasteiger partial charge in [-0.1, -0.05) is 25.1 Å². The molecule has 2 aromatic rings. The number of hydrogen-bond donors (Lipinski definition) is 0. The monoisotopic (exact) mass is 340 g/mol. The van der Waals surface area contributed by atoms with Crippen LogP contribution in [0.4, 0.5) is 5.69 Å². The standard InChI is InChI=1S/C20H28N4O/c1-4-19-21-10-12-22(19)11-9-20(25)24-14-13-23(15-17(24)3)18-8-6-5-7-16(18)2/h5-8,10,12,17H,4,9,11,13-15H2,1-3H3. The molecule has 1 aliphatic heterocycles. The number of imidazole rings is 1. The molecule has 0 bridgehead atoms. The number of rotatable bonds is 5. The third kappa shape index (κ3) is 3.86. The number of nitrogens with zero attached hydrogens (tertiary/aromatic N) is 4. The maximum atomic E-state index is 12.7. The lowest BCUT2D eigenvalue weighted by Crippen LogP contribution is -2.54. The molecule has 1 amide bonds. The van der Waals surface area contributed by atoms with E-state index in [2.05, 4.69) is 59.5 Å². The van der Waals surface area contributed by atoms with Gasteiger partial charge in [-0.05, 0) is 25.5 Å². The molecule has 1 aliphatic rings. The van der Waals surface area contributed by atoms with Gasteiger partial charge in [0.1, 0.15) is 5.82 Å². The topological polar surface area (TPSA) is 41.4 Å². The molecule has 0 aliphatic carbocycles. The highest BCUT2D eigenvalue weighted by Crippen LogP contribution is 2.23. The molecule has 134 valence electrons. The summed E-state index contributed by atoms with van der Waals surface area (Å²) in [5, 5.41) is 0. The zero-order valence-corrected chi connectivity index (χ0v) is 15.5. The third-order valence-electron chi connectivity index (χ3n) is 5.09. The summed E-state index contributed by atoms with van der Waals surface area (Å²) < 4.78 is 2.09. The smallest absolute Gasteiger partial charge is 0.224 e. The molecule has 0 radical (unpaired) electrons. The van der Waals surface area contributed by atoms with E-state index in [0.29, 0.717) is 13.0 Å². The lowest BCUT2D eigenvalue weighted by Gasteiger charge is -2.41. The molecule has 0 N–H and O–H groups in total. The molecule has 3 rings (SSSR count). The van der Waals surface area contributed by atoms with E-state index in [1.807, 2.05) is 17.3 Å². The summed E-state index contributed by atoms with van der Waals surface area (Å²) in [6.07, 6.45) is 5.21. The summed E-state index contributed by atoms with van der Waals surface area (Å²) >= 11 is 0. The first-order valence-corrected chi connectivity index (χ1v) is 9.20. The second kappa shape index (κ2) is 7.72. The maximum Gasteiger partial charge on any atom is 0.224 e. The number of amides is 1. The van der Waals surface area contributed by atoms with Crippen molar-refractivity contribution in [1.29, 1.82) is 0 Å². The lowest BCUT2D eigenvalue weighted by molar-refractivity contribution is -0.133. The Balaban J connectivity index is 1.58. The first-order chi connectivity index (χ1) is 12.1. The van der Waals surface area contributed by atoms with Crippen LogP contribution in [0.1, 0.15) is 31.7 Å². The van der Waals surface area contributed by atoms with Gasteiger partial charge >= 0.3 is 0 Å². The average molecular weight is 340 g/mol. The minimum Gasteiger partial charge on any atom is -0.367 e. The van der Waals surface area contributed by atoms with Crippen molar-refractivity contribution in [2.45, 2.75) is 46.2 Å². The predicted molar refractivity (Wildman–Crippen MR) is 101 cm³/mol. The van der Waals surface area contributed by atoms with E-state index >= 15 is 0 Å². The van der Waals surface area contributed by atoms with Gasteiger partial charge in [-0.3, -0.25) is 4.79 Å². The molecule has 1 aromatic heterocycles. The van der Waals surface area contributed by atoms with Crippen LogP contribution in [-0.4, -0.2) is 46.0 Å². The van der Waals surface area contributed by atoms with Crippen molar-refractivity contribution in [3.63, 3.8) is 0 Å². The zero-order chi connectivity index (χ0) is 17.8. The number of carbonyl (C=O) groups is 1. The van der Waals surface area contributed by atoms with Crippen molar-refractivity contribution >= 4 is 11.6 Å². The van der Waals surface area contributed by atoms with E-state index in [4.69, 9.17) is 0 Å². The minimum absolute atomic E-state index is 0.231. The Hall–Kier alpha value is -2.30. The number of benzene rings is 1. The van der Waals surface area contributed by atoms with Gasteiger partial charge in [0.05, 0.1) is 0 Å². The fourth-order valence-electron chi connectivity index (χ4n) is 3.68. The lowest BCUT2D eigenvalue weighted by atomic mass is 10.1. The van der Waals surface area contributed by atoms with E-state index in [0.717, 1.165) is 31.9 Å². The van der Waals surface area contributed by atoms with E-state index < -0.39 is 0 Å². The summed E-state index contributed by atoms with van der Waals surface area (Å²) in [6.45, 7) is 9.68. The van der Waals surface area contributed by atoms with Crippen LogP contribution in [0.5, 0.6) is 0 Å². The highest BCUT2D eigenvalue weighted by atomic mass is 16.2. The van der Waals surface area contributed by atoms with Crippen LogP contribution in [0.3, 0.4) is 0 Å². The molecule has 25 heavy (non-hydrogen) atoms. The van der Waals surface area contributed by atoms with Gasteiger partial charge in [0, 0.05) is 63.1 Å². The van der Waals surface area contributed by atoms with E-state index in [-0.39, 0.29) is 11.9 Å². The maximum absolute atomic E-state index is 12.7. The van der Waals surface area contributed by atoms with Gasteiger partial charge in [-0.15, -0.1) is 0 Å². The molecule has 0 saturated carbocycles. The van der Waals surface area contributed by atoms with Gasteiger partial charge in [-0.2, -0.15) is 0 Å². The number of para-hydroxylation sites is 1. The van der Waals surface area contributed by atoms with E-state index in [1.165, 1.54) is 11.3 Å². The molecule has 1 saturated heterocycles. The molecule has 5 heteroatoms. The molecule has 2 heterocycles. The number of piperazine rings is 1. The summed E-state index contributed by atoms with van der Waals surface area (Å²) in [5.74, 6) is 1.29. The van der Waals surface area contributed by atoms with Crippen LogP contribution in [0.15, 0.2) is 36.7 Å². The normalized spacial score (nSPS) is 17.8. The van der Waals surface area contributed by atoms with Crippen molar-refractivity contribution in [2.24, 2.45) is 0 Å². The SMILES string of the molecule is CCc1nccn1CCC(=O)N1CCN(c2ccccc2C)CC1C. The number of aromatic nitrogens is 2. The summed E-state index contributed by atoms with van der Waals surface area (Å²) in [7, 11) is 0. The van der Waals surface area contributed by atoms with Crippen molar-refractivity contribution in [2.75, 3.05) is 24.5 Å². The van der Waals surface area contributed by atoms with Crippen LogP contribution in [-0.2, 0) is 17.8 Å². The fourth-order valence-corrected chi connectivity index (χ4v) is 3.68. The van der Waals surface area contributed by atoms with Gasteiger partial charge < -0.3 is 14.4 Å².